The van der Waals surface area contributed by atoms with E-state index in [1.54, 1.807) is 22.3 Å². The number of amides is 2. The van der Waals surface area contributed by atoms with Crippen molar-refractivity contribution in [3.63, 3.8) is 0 Å². The number of carbonyl (C=O) groups excluding carboxylic acids is 3. The normalized spacial score (nSPS) is 13.9. The summed E-state index contributed by atoms with van der Waals surface area (Å²) < 4.78 is 10.2. The first-order valence-corrected chi connectivity index (χ1v) is 9.66. The molecule has 1 aromatic heterocycles. The van der Waals surface area contributed by atoms with Gasteiger partial charge in [0, 0.05) is 44.0 Å². The standard InChI is InChI=1S/C19H21N3O5S/c1-13(23)21-7-9-22(10-8-21)17(24)11-27-19(25)16-12-28-18(20-16)14-3-5-15(26-2)6-4-14/h3-6,12H,7-11H2,1-2H3. The smallest absolute Gasteiger partial charge is 0.358 e. The van der Waals surface area contributed by atoms with E-state index in [4.69, 9.17) is 9.47 Å². The van der Waals surface area contributed by atoms with Gasteiger partial charge in [0.2, 0.25) is 5.91 Å². The van der Waals surface area contributed by atoms with Crippen LogP contribution in [-0.2, 0) is 14.3 Å². The Morgan fingerprint density at radius 3 is 2.32 bits per heavy atom. The van der Waals surface area contributed by atoms with Crippen molar-refractivity contribution in [3.8, 4) is 16.3 Å². The van der Waals surface area contributed by atoms with E-state index >= 15 is 0 Å². The van der Waals surface area contributed by atoms with Crippen molar-refractivity contribution < 1.29 is 23.9 Å². The van der Waals surface area contributed by atoms with Gasteiger partial charge in [-0.05, 0) is 24.3 Å². The van der Waals surface area contributed by atoms with Crippen LogP contribution in [0.2, 0.25) is 0 Å². The highest BCUT2D eigenvalue weighted by molar-refractivity contribution is 7.13. The van der Waals surface area contributed by atoms with E-state index in [1.165, 1.54) is 18.3 Å². The van der Waals surface area contributed by atoms with Crippen LogP contribution in [0.3, 0.4) is 0 Å². The lowest BCUT2D eigenvalue weighted by atomic mass is 10.2. The molecule has 148 valence electrons. The van der Waals surface area contributed by atoms with Gasteiger partial charge in [0.05, 0.1) is 7.11 Å². The topological polar surface area (TPSA) is 89.0 Å². The van der Waals surface area contributed by atoms with E-state index < -0.39 is 5.97 Å². The van der Waals surface area contributed by atoms with Crippen LogP contribution >= 0.6 is 11.3 Å². The molecular weight excluding hydrogens is 382 g/mol. The molecule has 8 nitrogen and oxygen atoms in total. The average Bonchev–Trinajstić information content (AvgIpc) is 3.22. The lowest BCUT2D eigenvalue weighted by Gasteiger charge is -2.34. The van der Waals surface area contributed by atoms with Crippen LogP contribution in [0.15, 0.2) is 29.6 Å². The van der Waals surface area contributed by atoms with Gasteiger partial charge in [-0.15, -0.1) is 11.3 Å². The second-order valence-electron chi connectivity index (χ2n) is 6.23. The zero-order valence-electron chi connectivity index (χ0n) is 15.7. The Kier molecular flexibility index (Phi) is 6.25. The van der Waals surface area contributed by atoms with Gasteiger partial charge >= 0.3 is 5.97 Å². The summed E-state index contributed by atoms with van der Waals surface area (Å²) in [4.78, 5) is 43.3. The zero-order chi connectivity index (χ0) is 20.1. The molecule has 28 heavy (non-hydrogen) atoms. The minimum atomic E-state index is -0.633. The molecule has 1 aliphatic rings. The van der Waals surface area contributed by atoms with E-state index in [-0.39, 0.29) is 24.1 Å². The molecule has 1 aliphatic heterocycles. The molecule has 0 aliphatic carbocycles. The Morgan fingerprint density at radius 1 is 1.07 bits per heavy atom. The van der Waals surface area contributed by atoms with E-state index in [1.807, 2.05) is 24.3 Å². The summed E-state index contributed by atoms with van der Waals surface area (Å²) in [6, 6.07) is 7.35. The first-order chi connectivity index (χ1) is 13.5. The third kappa shape index (κ3) is 4.66. The summed E-state index contributed by atoms with van der Waals surface area (Å²) in [6.07, 6.45) is 0. The number of thiazole rings is 1. The predicted octanol–water partition coefficient (Wildman–Crippen LogP) is 1.67. The summed E-state index contributed by atoms with van der Waals surface area (Å²) in [5.74, 6) is -0.175. The second-order valence-corrected chi connectivity index (χ2v) is 7.09. The van der Waals surface area contributed by atoms with Gasteiger partial charge in [0.15, 0.2) is 12.3 Å². The maximum absolute atomic E-state index is 12.2. The van der Waals surface area contributed by atoms with Crippen LogP contribution in [0.5, 0.6) is 5.75 Å². The van der Waals surface area contributed by atoms with Gasteiger partial charge in [-0.25, -0.2) is 9.78 Å². The molecule has 0 bridgehead atoms. The van der Waals surface area contributed by atoms with Crippen molar-refractivity contribution in [1.82, 2.24) is 14.8 Å². The third-order valence-corrected chi connectivity index (χ3v) is 5.35. The van der Waals surface area contributed by atoms with E-state index in [0.717, 1.165) is 11.3 Å². The highest BCUT2D eigenvalue weighted by atomic mass is 32.1. The molecule has 2 amide bonds. The highest BCUT2D eigenvalue weighted by Gasteiger charge is 2.23. The lowest BCUT2D eigenvalue weighted by molar-refractivity contribution is -0.140. The molecule has 0 N–H and O–H groups in total. The molecule has 9 heteroatoms. The number of ether oxygens (including phenoxy) is 2. The molecule has 2 aromatic rings. The molecule has 2 heterocycles. The van der Waals surface area contributed by atoms with Gasteiger partial charge in [0.1, 0.15) is 10.8 Å². The molecule has 0 spiro atoms. The fraction of sp³-hybridized carbons (Fsp3) is 0.368. The minimum absolute atomic E-state index is 0.00489. The number of hydrogen-bond acceptors (Lipinski definition) is 7. The summed E-state index contributed by atoms with van der Waals surface area (Å²) in [6.45, 7) is 3.03. The summed E-state index contributed by atoms with van der Waals surface area (Å²) in [5.41, 5.74) is 1.04. The average molecular weight is 403 g/mol. The molecule has 0 unspecified atom stereocenters. The minimum Gasteiger partial charge on any atom is -0.497 e. The fourth-order valence-electron chi connectivity index (χ4n) is 2.80. The Balaban J connectivity index is 1.52. The molecule has 1 saturated heterocycles. The third-order valence-electron chi connectivity index (χ3n) is 4.45. The Morgan fingerprint density at radius 2 is 1.71 bits per heavy atom. The SMILES string of the molecule is COc1ccc(-c2nc(C(=O)OCC(=O)N3CCN(C(C)=O)CC3)cs2)cc1. The van der Waals surface area contributed by atoms with Gasteiger partial charge in [-0.3, -0.25) is 9.59 Å². The van der Waals surface area contributed by atoms with E-state index in [9.17, 15) is 14.4 Å². The van der Waals surface area contributed by atoms with Gasteiger partial charge in [0.25, 0.3) is 5.91 Å². The van der Waals surface area contributed by atoms with Gasteiger partial charge in [-0.2, -0.15) is 0 Å². The van der Waals surface area contributed by atoms with E-state index in [0.29, 0.717) is 31.2 Å². The first-order valence-electron chi connectivity index (χ1n) is 8.78. The first kappa shape index (κ1) is 19.8. The fourth-order valence-corrected chi connectivity index (χ4v) is 3.59. The quantitative estimate of drug-likeness (QED) is 0.706. The molecule has 1 aromatic carbocycles. The van der Waals surface area contributed by atoms with Gasteiger partial charge < -0.3 is 19.3 Å². The number of nitrogens with zero attached hydrogens (tertiary/aromatic N) is 3. The summed E-state index contributed by atoms with van der Waals surface area (Å²) >= 11 is 1.32. The van der Waals surface area contributed by atoms with Crippen molar-refractivity contribution in [2.75, 3.05) is 39.9 Å². The van der Waals surface area contributed by atoms with Crippen molar-refractivity contribution in [3.05, 3.63) is 35.3 Å². The lowest BCUT2D eigenvalue weighted by Crippen LogP contribution is -2.51. The van der Waals surface area contributed by atoms with Gasteiger partial charge in [-0.1, -0.05) is 0 Å². The molecule has 1 fully saturated rings. The van der Waals surface area contributed by atoms with Crippen molar-refractivity contribution >= 4 is 29.1 Å². The maximum Gasteiger partial charge on any atom is 0.358 e. The van der Waals surface area contributed by atoms with E-state index in [2.05, 4.69) is 4.98 Å². The largest absolute Gasteiger partial charge is 0.497 e. The summed E-state index contributed by atoms with van der Waals surface area (Å²) in [5, 5.41) is 2.29. The number of carbonyl (C=O) groups is 3. The summed E-state index contributed by atoms with van der Waals surface area (Å²) in [7, 11) is 1.59. The van der Waals surface area contributed by atoms with Crippen LogP contribution in [0, 0.1) is 0 Å². The van der Waals surface area contributed by atoms with Crippen LogP contribution in [0.1, 0.15) is 17.4 Å². The second kappa shape index (κ2) is 8.83. The number of methoxy groups -OCH3 is 1. The van der Waals surface area contributed by atoms with Crippen molar-refractivity contribution in [1.29, 1.82) is 0 Å². The number of benzene rings is 1. The monoisotopic (exact) mass is 403 g/mol. The number of esters is 1. The van der Waals surface area contributed by atoms with Crippen LogP contribution < -0.4 is 4.74 Å². The Bertz CT molecular complexity index is 857. The number of aromatic nitrogens is 1. The Labute approximate surface area is 166 Å². The molecule has 0 saturated carbocycles. The number of piperazine rings is 1. The predicted molar refractivity (Wildman–Crippen MR) is 103 cm³/mol. The molecule has 0 atom stereocenters. The van der Waals surface area contributed by atoms with Crippen LogP contribution in [-0.4, -0.2) is 72.5 Å². The molecular formula is C19H21N3O5S. The molecule has 3 rings (SSSR count). The van der Waals surface area contributed by atoms with Crippen molar-refractivity contribution in [2.24, 2.45) is 0 Å². The van der Waals surface area contributed by atoms with Crippen LogP contribution in [0.4, 0.5) is 0 Å². The molecule has 0 radical (unpaired) electrons. The van der Waals surface area contributed by atoms with Crippen molar-refractivity contribution in [2.45, 2.75) is 6.92 Å². The highest BCUT2D eigenvalue weighted by Crippen LogP contribution is 2.26. The number of hydrogen-bond donors (Lipinski definition) is 0. The zero-order valence-corrected chi connectivity index (χ0v) is 16.5. The maximum atomic E-state index is 12.2. The van der Waals surface area contributed by atoms with Crippen LogP contribution in [0.25, 0.3) is 10.6 Å². The number of rotatable bonds is 5. The Hall–Kier alpha value is -2.94.